The van der Waals surface area contributed by atoms with Crippen molar-refractivity contribution in [3.8, 4) is 0 Å². The lowest BCUT2D eigenvalue weighted by atomic mass is 9.94. The van der Waals surface area contributed by atoms with Gasteiger partial charge in [-0.25, -0.2) is 0 Å². The SMILES string of the molecule is COC1(C)CCCN(CC(=O)c2c[nH]c3ccccc23)C1. The van der Waals surface area contributed by atoms with Crippen LogP contribution in [0.25, 0.3) is 10.9 Å². The molecule has 4 nitrogen and oxygen atoms in total. The summed E-state index contributed by atoms with van der Waals surface area (Å²) in [5.74, 6) is 0.174. The fraction of sp³-hybridized carbons (Fsp3) is 0.471. The Morgan fingerprint density at radius 3 is 3.05 bits per heavy atom. The third kappa shape index (κ3) is 2.87. The summed E-state index contributed by atoms with van der Waals surface area (Å²) in [6, 6.07) is 7.93. The summed E-state index contributed by atoms with van der Waals surface area (Å²) in [4.78, 5) is 18.0. The average Bonchev–Trinajstić information content (AvgIpc) is 2.91. The van der Waals surface area contributed by atoms with Crippen LogP contribution in [0.2, 0.25) is 0 Å². The molecular formula is C17H22N2O2. The number of nitrogens with zero attached hydrogens (tertiary/aromatic N) is 1. The molecule has 1 unspecified atom stereocenters. The summed E-state index contributed by atoms with van der Waals surface area (Å²) in [6.45, 7) is 4.36. The van der Waals surface area contributed by atoms with Crippen molar-refractivity contribution in [1.29, 1.82) is 0 Å². The van der Waals surface area contributed by atoms with Crippen molar-refractivity contribution in [2.75, 3.05) is 26.7 Å². The standard InChI is InChI=1S/C17H22N2O2/c1-17(21-2)8-5-9-19(12-17)11-16(20)14-10-18-15-7-4-3-6-13(14)15/h3-4,6-7,10,18H,5,8-9,11-12H2,1-2H3. The first-order valence-electron chi connectivity index (χ1n) is 7.48. The number of piperidine rings is 1. The van der Waals surface area contributed by atoms with E-state index >= 15 is 0 Å². The summed E-state index contributed by atoms with van der Waals surface area (Å²) in [7, 11) is 1.75. The van der Waals surface area contributed by atoms with Gasteiger partial charge in [-0.05, 0) is 32.4 Å². The van der Waals surface area contributed by atoms with Gasteiger partial charge in [0.2, 0.25) is 0 Å². The predicted molar refractivity (Wildman–Crippen MR) is 83.7 cm³/mol. The fourth-order valence-corrected chi connectivity index (χ4v) is 3.20. The highest BCUT2D eigenvalue weighted by molar-refractivity contribution is 6.08. The first kappa shape index (κ1) is 14.3. The van der Waals surface area contributed by atoms with E-state index in [1.165, 1.54) is 0 Å². The number of para-hydroxylation sites is 1. The number of H-pyrrole nitrogens is 1. The van der Waals surface area contributed by atoms with Crippen LogP contribution in [0.3, 0.4) is 0 Å². The zero-order chi connectivity index (χ0) is 14.9. The van der Waals surface area contributed by atoms with Gasteiger partial charge in [0.05, 0.1) is 12.1 Å². The van der Waals surface area contributed by atoms with Crippen molar-refractivity contribution in [1.82, 2.24) is 9.88 Å². The van der Waals surface area contributed by atoms with Crippen molar-refractivity contribution in [2.24, 2.45) is 0 Å². The van der Waals surface area contributed by atoms with Gasteiger partial charge in [-0.3, -0.25) is 9.69 Å². The van der Waals surface area contributed by atoms with Crippen LogP contribution in [0.5, 0.6) is 0 Å². The molecule has 1 aromatic carbocycles. The Balaban J connectivity index is 1.74. The third-order valence-corrected chi connectivity index (χ3v) is 4.49. The lowest BCUT2D eigenvalue weighted by molar-refractivity contribution is -0.0485. The number of hydrogen-bond donors (Lipinski definition) is 1. The van der Waals surface area contributed by atoms with Crippen molar-refractivity contribution in [3.63, 3.8) is 0 Å². The Hall–Kier alpha value is -1.65. The minimum Gasteiger partial charge on any atom is -0.377 e. The molecule has 112 valence electrons. The Labute approximate surface area is 125 Å². The van der Waals surface area contributed by atoms with Crippen LogP contribution in [0.15, 0.2) is 30.5 Å². The minimum absolute atomic E-state index is 0.126. The van der Waals surface area contributed by atoms with Crippen LogP contribution in [-0.4, -0.2) is 48.0 Å². The maximum Gasteiger partial charge on any atom is 0.178 e. The summed E-state index contributed by atoms with van der Waals surface area (Å²) >= 11 is 0. The molecule has 2 heterocycles. The number of methoxy groups -OCH3 is 1. The number of carbonyl (C=O) groups is 1. The van der Waals surface area contributed by atoms with E-state index in [-0.39, 0.29) is 11.4 Å². The molecule has 0 amide bonds. The van der Waals surface area contributed by atoms with Gasteiger partial charge in [0.25, 0.3) is 0 Å². The van der Waals surface area contributed by atoms with Crippen LogP contribution in [-0.2, 0) is 4.74 Å². The van der Waals surface area contributed by atoms with Gasteiger partial charge in [0.15, 0.2) is 5.78 Å². The Morgan fingerprint density at radius 2 is 2.24 bits per heavy atom. The van der Waals surface area contributed by atoms with E-state index in [0.29, 0.717) is 6.54 Å². The molecular weight excluding hydrogens is 264 g/mol. The Kier molecular flexibility index (Phi) is 3.83. The quantitative estimate of drug-likeness (QED) is 0.879. The molecule has 0 aliphatic carbocycles. The molecule has 1 aliphatic rings. The predicted octanol–water partition coefficient (Wildman–Crippen LogP) is 2.85. The monoisotopic (exact) mass is 286 g/mol. The molecule has 1 N–H and O–H groups in total. The van der Waals surface area contributed by atoms with Gasteiger partial charge in [-0.2, -0.15) is 0 Å². The van der Waals surface area contributed by atoms with Crippen LogP contribution in [0.4, 0.5) is 0 Å². The maximum atomic E-state index is 12.6. The molecule has 0 saturated carbocycles. The van der Waals surface area contributed by atoms with Crippen molar-refractivity contribution in [3.05, 3.63) is 36.0 Å². The second-order valence-electron chi connectivity index (χ2n) is 6.14. The molecule has 1 fully saturated rings. The molecule has 0 radical (unpaired) electrons. The second kappa shape index (κ2) is 5.62. The van der Waals surface area contributed by atoms with Crippen molar-refractivity contribution in [2.45, 2.75) is 25.4 Å². The lowest BCUT2D eigenvalue weighted by Crippen LogP contribution is -2.48. The molecule has 1 aromatic heterocycles. The number of benzene rings is 1. The van der Waals surface area contributed by atoms with E-state index in [0.717, 1.165) is 42.4 Å². The van der Waals surface area contributed by atoms with Crippen LogP contribution in [0.1, 0.15) is 30.1 Å². The van der Waals surface area contributed by atoms with E-state index in [1.54, 1.807) is 7.11 Å². The van der Waals surface area contributed by atoms with Gasteiger partial charge in [-0.15, -0.1) is 0 Å². The molecule has 4 heteroatoms. The first-order valence-corrected chi connectivity index (χ1v) is 7.48. The summed E-state index contributed by atoms with van der Waals surface area (Å²) < 4.78 is 5.59. The third-order valence-electron chi connectivity index (χ3n) is 4.49. The zero-order valence-corrected chi connectivity index (χ0v) is 12.7. The van der Waals surface area contributed by atoms with E-state index in [1.807, 2.05) is 30.5 Å². The van der Waals surface area contributed by atoms with Crippen LogP contribution in [0, 0.1) is 0 Å². The number of carbonyl (C=O) groups excluding carboxylic acids is 1. The molecule has 0 bridgehead atoms. The first-order chi connectivity index (χ1) is 10.1. The fourth-order valence-electron chi connectivity index (χ4n) is 3.20. The van der Waals surface area contributed by atoms with Gasteiger partial charge < -0.3 is 9.72 Å². The normalized spacial score (nSPS) is 23.5. The zero-order valence-electron chi connectivity index (χ0n) is 12.7. The molecule has 1 saturated heterocycles. The highest BCUT2D eigenvalue weighted by atomic mass is 16.5. The van der Waals surface area contributed by atoms with E-state index in [9.17, 15) is 4.79 Å². The lowest BCUT2D eigenvalue weighted by Gasteiger charge is -2.39. The van der Waals surface area contributed by atoms with Crippen LogP contribution < -0.4 is 0 Å². The van der Waals surface area contributed by atoms with E-state index < -0.39 is 0 Å². The van der Waals surface area contributed by atoms with Gasteiger partial charge in [0, 0.05) is 36.3 Å². The summed E-state index contributed by atoms with van der Waals surface area (Å²) in [5, 5.41) is 1.01. The van der Waals surface area contributed by atoms with Gasteiger partial charge in [0.1, 0.15) is 0 Å². The minimum atomic E-state index is -0.126. The maximum absolute atomic E-state index is 12.6. The highest BCUT2D eigenvalue weighted by Crippen LogP contribution is 2.24. The molecule has 1 aliphatic heterocycles. The number of aromatic amines is 1. The molecule has 21 heavy (non-hydrogen) atoms. The van der Waals surface area contributed by atoms with E-state index in [4.69, 9.17) is 4.74 Å². The van der Waals surface area contributed by atoms with Gasteiger partial charge in [-0.1, -0.05) is 18.2 Å². The second-order valence-corrected chi connectivity index (χ2v) is 6.14. The summed E-state index contributed by atoms with van der Waals surface area (Å²) in [5.41, 5.74) is 1.68. The number of ketones is 1. The smallest absolute Gasteiger partial charge is 0.178 e. The molecule has 3 rings (SSSR count). The van der Waals surface area contributed by atoms with Gasteiger partial charge >= 0.3 is 0 Å². The summed E-state index contributed by atoms with van der Waals surface area (Å²) in [6.07, 6.45) is 3.96. The van der Waals surface area contributed by atoms with Crippen molar-refractivity contribution < 1.29 is 9.53 Å². The van der Waals surface area contributed by atoms with E-state index in [2.05, 4.69) is 16.8 Å². The number of fused-ring (bicyclic) bond motifs is 1. The largest absolute Gasteiger partial charge is 0.377 e. The van der Waals surface area contributed by atoms with Crippen molar-refractivity contribution >= 4 is 16.7 Å². The molecule has 0 spiro atoms. The number of hydrogen-bond acceptors (Lipinski definition) is 3. The molecule has 1 atom stereocenters. The van der Waals surface area contributed by atoms with Crippen LogP contribution >= 0.6 is 0 Å². The molecule has 2 aromatic rings. The number of aromatic nitrogens is 1. The Bertz CT molecular complexity index is 649. The number of nitrogens with one attached hydrogen (secondary N) is 1. The number of Topliss-reactive ketones (excluding diaryl/α,β-unsaturated/α-hetero) is 1. The Morgan fingerprint density at radius 1 is 1.43 bits per heavy atom. The number of rotatable bonds is 4. The number of ether oxygens (including phenoxy) is 1. The topological polar surface area (TPSA) is 45.3 Å². The highest BCUT2D eigenvalue weighted by Gasteiger charge is 2.31. The average molecular weight is 286 g/mol. The number of likely N-dealkylation sites (tertiary alicyclic amines) is 1.